The lowest BCUT2D eigenvalue weighted by Gasteiger charge is -2.55. The number of nitrogens with zero attached hydrogens (tertiary/aromatic N) is 1. The van der Waals surface area contributed by atoms with Crippen LogP contribution in [0.4, 0.5) is 0 Å². The maximum Gasteiger partial charge on any atom is 0.230 e. The molecule has 0 heterocycles. The average molecular weight is 521 g/mol. The van der Waals surface area contributed by atoms with Gasteiger partial charge in [0.05, 0.1) is 23.3 Å². The highest BCUT2D eigenvalue weighted by molar-refractivity contribution is 6.26. The minimum atomic E-state index is -2.98. The molecule has 2 aromatic carbocycles. The van der Waals surface area contributed by atoms with E-state index in [9.17, 15) is 39.9 Å². The molecule has 38 heavy (non-hydrogen) atoms. The molecule has 7 atom stereocenters. The summed E-state index contributed by atoms with van der Waals surface area (Å²) in [6.45, 7) is 0. The van der Waals surface area contributed by atoms with E-state index < -0.39 is 70.4 Å². The zero-order chi connectivity index (χ0) is 27.7. The number of phenols is 1. The topological polar surface area (TPSA) is 182 Å². The van der Waals surface area contributed by atoms with Gasteiger partial charge in [0.2, 0.25) is 11.7 Å². The maximum atomic E-state index is 14.1. The van der Waals surface area contributed by atoms with E-state index in [1.54, 1.807) is 42.5 Å². The van der Waals surface area contributed by atoms with Crippen molar-refractivity contribution in [2.24, 2.45) is 23.5 Å². The van der Waals surface area contributed by atoms with Crippen LogP contribution in [0, 0.1) is 17.8 Å². The lowest BCUT2D eigenvalue weighted by Crippen LogP contribution is -2.76. The molecule has 0 spiro atoms. The Balaban J connectivity index is 1.83. The number of carbonyl (C=O) groups excluding carboxylic acids is 3. The highest BCUT2D eigenvalue weighted by Crippen LogP contribution is 2.55. The molecule has 2 fully saturated rings. The molecule has 0 saturated heterocycles. The molecule has 5 rings (SSSR count). The van der Waals surface area contributed by atoms with Gasteiger partial charge in [-0.15, -0.1) is 0 Å². The molecule has 10 nitrogen and oxygen atoms in total. The maximum absolute atomic E-state index is 14.1. The predicted molar refractivity (Wildman–Crippen MR) is 136 cm³/mol. The van der Waals surface area contributed by atoms with E-state index in [-0.39, 0.29) is 11.3 Å². The summed E-state index contributed by atoms with van der Waals surface area (Å²) in [7, 11) is 3.02. The Kier molecular flexibility index (Phi) is 6.03. The van der Waals surface area contributed by atoms with Crippen LogP contribution >= 0.6 is 0 Å². The minimum Gasteiger partial charge on any atom is -0.507 e. The van der Waals surface area contributed by atoms with Crippen LogP contribution in [0.15, 0.2) is 54.1 Å². The SMILES string of the molecule is CN(C)[C@@H]1C(O)C(C(N)=O)C(=O)[C@@]2(O)C(=O)C3=C(O)c4c(O)cccc4/C(=C\c4ccccc4)[C@H]3[C@H](O)[C@@H]12. The van der Waals surface area contributed by atoms with Crippen LogP contribution in [0.3, 0.4) is 0 Å². The molecule has 3 aliphatic carbocycles. The largest absolute Gasteiger partial charge is 0.507 e. The zero-order valence-electron chi connectivity index (χ0n) is 20.6. The number of Topliss-reactive ketones (excluding diaryl/α,β-unsaturated/α-hetero) is 2. The first-order valence-electron chi connectivity index (χ1n) is 12.1. The fraction of sp³-hybridized carbons (Fsp3) is 0.321. The van der Waals surface area contributed by atoms with E-state index in [0.717, 1.165) is 0 Å². The van der Waals surface area contributed by atoms with Crippen molar-refractivity contribution < 1.29 is 39.9 Å². The summed E-state index contributed by atoms with van der Waals surface area (Å²) in [5.74, 6) is -9.60. The number of benzene rings is 2. The normalized spacial score (nSPS) is 33.7. The summed E-state index contributed by atoms with van der Waals surface area (Å²) >= 11 is 0. The van der Waals surface area contributed by atoms with Crippen molar-refractivity contribution in [3.8, 4) is 5.75 Å². The van der Waals surface area contributed by atoms with Crippen molar-refractivity contribution in [2.45, 2.75) is 23.9 Å². The van der Waals surface area contributed by atoms with E-state index >= 15 is 0 Å². The molecule has 2 saturated carbocycles. The Labute approximate surface area is 217 Å². The first-order valence-corrected chi connectivity index (χ1v) is 12.1. The molecular weight excluding hydrogens is 492 g/mol. The van der Waals surface area contributed by atoms with Gasteiger partial charge in [0.25, 0.3) is 0 Å². The van der Waals surface area contributed by atoms with Gasteiger partial charge in [-0.3, -0.25) is 14.4 Å². The Morgan fingerprint density at radius 1 is 1.00 bits per heavy atom. The molecule has 2 aromatic rings. The van der Waals surface area contributed by atoms with Gasteiger partial charge in [-0.1, -0.05) is 48.5 Å². The zero-order valence-corrected chi connectivity index (χ0v) is 20.6. The number of phenolic OH excluding ortho intramolecular Hbond substituents is 1. The summed E-state index contributed by atoms with van der Waals surface area (Å²) in [5.41, 5.74) is 3.24. The lowest BCUT2D eigenvalue weighted by molar-refractivity contribution is -0.196. The third-order valence-electron chi connectivity index (χ3n) is 8.02. The van der Waals surface area contributed by atoms with Crippen LogP contribution in [0.2, 0.25) is 0 Å². The molecule has 3 aliphatic rings. The van der Waals surface area contributed by atoms with Crippen LogP contribution in [-0.4, -0.2) is 85.9 Å². The molecule has 198 valence electrons. The smallest absolute Gasteiger partial charge is 0.230 e. The summed E-state index contributed by atoms with van der Waals surface area (Å²) in [6, 6.07) is 12.2. The van der Waals surface area contributed by atoms with Crippen molar-refractivity contribution in [1.82, 2.24) is 4.90 Å². The van der Waals surface area contributed by atoms with E-state index in [2.05, 4.69) is 0 Å². The second-order valence-electron chi connectivity index (χ2n) is 10.3. The molecular formula is C28H28N2O8. The number of rotatable bonds is 3. The fourth-order valence-corrected chi connectivity index (χ4v) is 6.40. The van der Waals surface area contributed by atoms with Gasteiger partial charge in [0.1, 0.15) is 17.4 Å². The predicted octanol–water partition coefficient (Wildman–Crippen LogP) is 0.0979. The molecule has 2 unspecified atom stereocenters. The quantitative estimate of drug-likeness (QED) is 0.306. The number of primary amides is 1. The van der Waals surface area contributed by atoms with Crippen molar-refractivity contribution >= 4 is 34.9 Å². The summed E-state index contributed by atoms with van der Waals surface area (Å²) < 4.78 is 0. The fourth-order valence-electron chi connectivity index (χ4n) is 6.40. The third-order valence-corrected chi connectivity index (χ3v) is 8.02. The van der Waals surface area contributed by atoms with Gasteiger partial charge in [0, 0.05) is 17.9 Å². The minimum absolute atomic E-state index is 0.0950. The molecule has 10 heteroatoms. The van der Waals surface area contributed by atoms with E-state index in [1.807, 2.05) is 6.07 Å². The number of amides is 1. The molecule has 0 aromatic heterocycles. The Morgan fingerprint density at radius 2 is 1.66 bits per heavy atom. The first kappa shape index (κ1) is 25.8. The van der Waals surface area contributed by atoms with Gasteiger partial charge in [0.15, 0.2) is 11.4 Å². The van der Waals surface area contributed by atoms with Crippen LogP contribution in [0.5, 0.6) is 5.75 Å². The van der Waals surface area contributed by atoms with E-state index in [0.29, 0.717) is 16.7 Å². The van der Waals surface area contributed by atoms with Crippen LogP contribution in [0.1, 0.15) is 16.7 Å². The van der Waals surface area contributed by atoms with Crippen molar-refractivity contribution in [3.05, 3.63) is 70.8 Å². The standard InChI is InChI=1S/C28H28N2O8/c1-30(2)21-20-23(33)17-14(11-12-7-4-3-5-8-12)13-9-6-10-15(31)16(13)22(32)18(17)25(35)28(20,38)26(36)19(24(21)34)27(29)37/h3-11,17,19-21,23-24,31-34,38H,1-2H3,(H2,29,37)/b14-11+/t17-,19?,20-,21+,23+,24?,28+/m1/s1. The number of nitrogens with two attached hydrogens (primary N) is 1. The summed E-state index contributed by atoms with van der Waals surface area (Å²) in [5, 5.41) is 56.6. The van der Waals surface area contributed by atoms with Crippen LogP contribution in [-0.2, 0) is 14.4 Å². The number of hydrogen-bond donors (Lipinski definition) is 6. The van der Waals surface area contributed by atoms with Crippen molar-refractivity contribution in [1.29, 1.82) is 0 Å². The van der Waals surface area contributed by atoms with Gasteiger partial charge in [-0.25, -0.2) is 0 Å². The number of fused-ring (bicyclic) bond motifs is 3. The first-order chi connectivity index (χ1) is 17.9. The lowest BCUT2D eigenvalue weighted by atomic mass is 9.52. The highest BCUT2D eigenvalue weighted by Gasteiger charge is 2.70. The van der Waals surface area contributed by atoms with Gasteiger partial charge in [-0.2, -0.15) is 0 Å². The number of likely N-dealkylation sites (N-methyl/N-ethyl adjacent to an activating group) is 1. The van der Waals surface area contributed by atoms with Gasteiger partial charge < -0.3 is 36.2 Å². The highest BCUT2D eigenvalue weighted by atomic mass is 16.3. The molecule has 7 N–H and O–H groups in total. The van der Waals surface area contributed by atoms with Crippen molar-refractivity contribution in [3.63, 3.8) is 0 Å². The average Bonchev–Trinajstić information content (AvgIpc) is 2.86. The monoisotopic (exact) mass is 520 g/mol. The van der Waals surface area contributed by atoms with Crippen LogP contribution in [0.25, 0.3) is 17.4 Å². The second kappa shape index (κ2) is 8.88. The molecule has 0 aliphatic heterocycles. The Bertz CT molecular complexity index is 1420. The Hall–Kier alpha value is -3.83. The van der Waals surface area contributed by atoms with E-state index in [4.69, 9.17) is 5.73 Å². The number of carbonyl (C=O) groups is 3. The summed E-state index contributed by atoms with van der Waals surface area (Å²) in [6.07, 6.45) is -1.71. The third kappa shape index (κ3) is 3.38. The van der Waals surface area contributed by atoms with Crippen molar-refractivity contribution in [2.75, 3.05) is 14.1 Å². The molecule has 0 bridgehead atoms. The van der Waals surface area contributed by atoms with Gasteiger partial charge >= 0.3 is 0 Å². The second-order valence-corrected chi connectivity index (χ2v) is 10.3. The number of aromatic hydroxyl groups is 1. The number of aliphatic hydroxyl groups is 4. The molecule has 1 amide bonds. The number of hydrogen-bond acceptors (Lipinski definition) is 9. The van der Waals surface area contributed by atoms with E-state index in [1.165, 1.54) is 25.1 Å². The molecule has 0 radical (unpaired) electrons. The number of aliphatic hydroxyl groups excluding tert-OH is 3. The van der Waals surface area contributed by atoms with Gasteiger partial charge in [-0.05, 0) is 36.9 Å². The summed E-state index contributed by atoms with van der Waals surface area (Å²) in [4.78, 5) is 41.2. The number of ketones is 2. The van der Waals surface area contributed by atoms with Crippen LogP contribution < -0.4 is 5.73 Å². The Morgan fingerprint density at radius 3 is 2.26 bits per heavy atom.